The van der Waals surface area contributed by atoms with Crippen LogP contribution < -0.4 is 10.5 Å². The summed E-state index contributed by atoms with van der Waals surface area (Å²) in [6, 6.07) is 7.64. The number of nitrogens with zero attached hydrogens (tertiary/aromatic N) is 3. The number of methoxy groups -OCH3 is 1. The third kappa shape index (κ3) is 1.60. The summed E-state index contributed by atoms with van der Waals surface area (Å²) in [5.41, 5.74) is 7.49. The zero-order chi connectivity index (χ0) is 11.5. The Morgan fingerprint density at radius 3 is 2.81 bits per heavy atom. The van der Waals surface area contributed by atoms with Gasteiger partial charge in [0.1, 0.15) is 11.4 Å². The van der Waals surface area contributed by atoms with Gasteiger partial charge in [-0.05, 0) is 18.6 Å². The van der Waals surface area contributed by atoms with E-state index < -0.39 is 0 Å². The average Bonchev–Trinajstić information content (AvgIpc) is 2.70. The van der Waals surface area contributed by atoms with Gasteiger partial charge in [0, 0.05) is 0 Å². The smallest absolute Gasteiger partial charge is 0.169 e. The molecule has 0 saturated heterocycles. The largest absolute Gasteiger partial charge is 0.494 e. The van der Waals surface area contributed by atoms with Crippen molar-refractivity contribution >= 4 is 5.82 Å². The average molecular weight is 218 g/mol. The number of nitrogen functional groups attached to an aromatic ring is 1. The van der Waals surface area contributed by atoms with E-state index in [4.69, 9.17) is 10.5 Å². The molecular weight excluding hydrogens is 204 g/mol. The van der Waals surface area contributed by atoms with E-state index in [9.17, 15) is 0 Å². The Bertz CT molecular complexity index is 492. The Kier molecular flexibility index (Phi) is 2.76. The van der Waals surface area contributed by atoms with Gasteiger partial charge in [0.15, 0.2) is 5.82 Å². The molecule has 16 heavy (non-hydrogen) atoms. The molecule has 0 amide bonds. The van der Waals surface area contributed by atoms with Gasteiger partial charge in [0.05, 0.1) is 12.8 Å². The highest BCUT2D eigenvalue weighted by Gasteiger charge is 2.12. The SMILES string of the molecule is CCc1c(N)nnn1-c1ccccc1OC. The summed E-state index contributed by atoms with van der Waals surface area (Å²) in [4.78, 5) is 0. The summed E-state index contributed by atoms with van der Waals surface area (Å²) < 4.78 is 7.00. The third-order valence-corrected chi connectivity index (χ3v) is 2.44. The van der Waals surface area contributed by atoms with E-state index in [1.165, 1.54) is 0 Å². The van der Waals surface area contributed by atoms with Crippen LogP contribution in [0.4, 0.5) is 5.82 Å². The first-order valence-corrected chi connectivity index (χ1v) is 5.11. The first-order chi connectivity index (χ1) is 7.77. The van der Waals surface area contributed by atoms with Gasteiger partial charge in [-0.15, -0.1) is 5.10 Å². The number of rotatable bonds is 3. The van der Waals surface area contributed by atoms with E-state index in [1.54, 1.807) is 11.8 Å². The monoisotopic (exact) mass is 218 g/mol. The second-order valence-electron chi connectivity index (χ2n) is 3.36. The minimum atomic E-state index is 0.466. The number of para-hydroxylation sites is 2. The number of benzene rings is 1. The molecule has 1 aromatic heterocycles. The topological polar surface area (TPSA) is 66.0 Å². The number of nitrogens with two attached hydrogens (primary N) is 1. The Morgan fingerprint density at radius 2 is 2.12 bits per heavy atom. The van der Waals surface area contributed by atoms with Crippen LogP contribution >= 0.6 is 0 Å². The van der Waals surface area contributed by atoms with Crippen molar-refractivity contribution in [3.63, 3.8) is 0 Å². The molecule has 0 aliphatic carbocycles. The molecule has 0 atom stereocenters. The molecule has 0 bridgehead atoms. The van der Waals surface area contributed by atoms with Crippen molar-refractivity contribution in [2.45, 2.75) is 13.3 Å². The first kappa shape index (κ1) is 10.5. The fraction of sp³-hybridized carbons (Fsp3) is 0.273. The van der Waals surface area contributed by atoms with Gasteiger partial charge >= 0.3 is 0 Å². The molecule has 84 valence electrons. The number of aromatic nitrogens is 3. The highest BCUT2D eigenvalue weighted by molar-refractivity contribution is 5.49. The van der Waals surface area contributed by atoms with Crippen LogP contribution in [0.3, 0.4) is 0 Å². The van der Waals surface area contributed by atoms with E-state index in [0.717, 1.165) is 23.6 Å². The lowest BCUT2D eigenvalue weighted by molar-refractivity contribution is 0.411. The lowest BCUT2D eigenvalue weighted by atomic mass is 10.2. The fourth-order valence-electron chi connectivity index (χ4n) is 1.64. The summed E-state index contributed by atoms with van der Waals surface area (Å²) in [6.45, 7) is 2.01. The van der Waals surface area contributed by atoms with Crippen LogP contribution in [0.5, 0.6) is 5.75 Å². The highest BCUT2D eigenvalue weighted by atomic mass is 16.5. The Labute approximate surface area is 93.8 Å². The van der Waals surface area contributed by atoms with Crippen molar-refractivity contribution in [3.05, 3.63) is 30.0 Å². The lowest BCUT2D eigenvalue weighted by Crippen LogP contribution is -2.04. The third-order valence-electron chi connectivity index (χ3n) is 2.44. The second-order valence-corrected chi connectivity index (χ2v) is 3.36. The Morgan fingerprint density at radius 1 is 1.38 bits per heavy atom. The zero-order valence-corrected chi connectivity index (χ0v) is 9.34. The van der Waals surface area contributed by atoms with Crippen molar-refractivity contribution < 1.29 is 4.74 Å². The number of hydrogen-bond acceptors (Lipinski definition) is 4. The van der Waals surface area contributed by atoms with Crippen LogP contribution in [0.25, 0.3) is 5.69 Å². The van der Waals surface area contributed by atoms with Gasteiger partial charge in [-0.2, -0.15) is 0 Å². The van der Waals surface area contributed by atoms with E-state index in [1.807, 2.05) is 31.2 Å². The molecule has 0 unspecified atom stereocenters. The van der Waals surface area contributed by atoms with Gasteiger partial charge in [0.2, 0.25) is 0 Å². The molecule has 2 aromatic rings. The maximum Gasteiger partial charge on any atom is 0.169 e. The maximum absolute atomic E-state index is 5.75. The van der Waals surface area contributed by atoms with Gasteiger partial charge in [0.25, 0.3) is 0 Å². The van der Waals surface area contributed by atoms with Gasteiger partial charge in [-0.25, -0.2) is 4.68 Å². The first-order valence-electron chi connectivity index (χ1n) is 5.11. The van der Waals surface area contributed by atoms with Gasteiger partial charge in [-0.1, -0.05) is 24.3 Å². The van der Waals surface area contributed by atoms with E-state index in [0.29, 0.717) is 5.82 Å². The van der Waals surface area contributed by atoms with Crippen molar-refractivity contribution in [1.29, 1.82) is 0 Å². The molecule has 1 heterocycles. The molecule has 2 N–H and O–H groups in total. The van der Waals surface area contributed by atoms with E-state index >= 15 is 0 Å². The molecule has 0 fully saturated rings. The van der Waals surface area contributed by atoms with E-state index in [-0.39, 0.29) is 0 Å². The molecule has 5 nitrogen and oxygen atoms in total. The van der Waals surface area contributed by atoms with E-state index in [2.05, 4.69) is 10.3 Å². The molecule has 0 radical (unpaired) electrons. The van der Waals surface area contributed by atoms with Crippen molar-refractivity contribution in [1.82, 2.24) is 15.0 Å². The lowest BCUT2D eigenvalue weighted by Gasteiger charge is -2.09. The zero-order valence-electron chi connectivity index (χ0n) is 9.34. The molecule has 0 spiro atoms. The second kappa shape index (κ2) is 4.22. The predicted octanol–water partition coefficient (Wildman–Crippen LogP) is 1.42. The summed E-state index contributed by atoms with van der Waals surface area (Å²) >= 11 is 0. The fourth-order valence-corrected chi connectivity index (χ4v) is 1.64. The predicted molar refractivity (Wildman–Crippen MR) is 61.7 cm³/mol. The van der Waals surface area contributed by atoms with Crippen LogP contribution in [0.15, 0.2) is 24.3 Å². The molecule has 1 aromatic carbocycles. The van der Waals surface area contributed by atoms with Crippen molar-refractivity contribution in [2.24, 2.45) is 0 Å². The van der Waals surface area contributed by atoms with Crippen molar-refractivity contribution in [3.8, 4) is 11.4 Å². The van der Waals surface area contributed by atoms with Crippen LogP contribution in [-0.4, -0.2) is 22.1 Å². The van der Waals surface area contributed by atoms with Crippen molar-refractivity contribution in [2.75, 3.05) is 12.8 Å². The summed E-state index contributed by atoms with van der Waals surface area (Å²) in [6.07, 6.45) is 0.775. The Balaban J connectivity index is 2.58. The minimum Gasteiger partial charge on any atom is -0.494 e. The number of ether oxygens (including phenoxy) is 1. The molecule has 0 aliphatic rings. The van der Waals surface area contributed by atoms with Crippen LogP contribution in [0.2, 0.25) is 0 Å². The van der Waals surface area contributed by atoms with Gasteiger partial charge < -0.3 is 10.5 Å². The van der Waals surface area contributed by atoms with Gasteiger partial charge in [-0.3, -0.25) is 0 Å². The minimum absolute atomic E-state index is 0.466. The van der Waals surface area contributed by atoms with Crippen LogP contribution in [-0.2, 0) is 6.42 Å². The quantitative estimate of drug-likeness (QED) is 0.846. The molecule has 0 aliphatic heterocycles. The molecule has 0 saturated carbocycles. The molecule has 5 heteroatoms. The normalized spacial score (nSPS) is 10.4. The molecular formula is C11H14N4O. The highest BCUT2D eigenvalue weighted by Crippen LogP contribution is 2.24. The maximum atomic E-state index is 5.75. The number of hydrogen-bond donors (Lipinski definition) is 1. The summed E-state index contributed by atoms with van der Waals surface area (Å²) in [5, 5.41) is 7.90. The Hall–Kier alpha value is -2.04. The standard InChI is InChI=1S/C11H14N4O/c1-3-8-11(12)13-14-15(8)9-6-4-5-7-10(9)16-2/h4-7H,3,12H2,1-2H3. The van der Waals surface area contributed by atoms with Crippen LogP contribution in [0, 0.1) is 0 Å². The molecule has 2 rings (SSSR count). The summed E-state index contributed by atoms with van der Waals surface area (Å²) in [7, 11) is 1.63. The number of anilines is 1. The summed E-state index contributed by atoms with van der Waals surface area (Å²) in [5.74, 6) is 1.22. The van der Waals surface area contributed by atoms with Crippen LogP contribution in [0.1, 0.15) is 12.6 Å².